The van der Waals surface area contributed by atoms with Gasteiger partial charge in [0.15, 0.2) is 0 Å². The molecular formula is C36H23NO. The molecule has 8 rings (SSSR count). The van der Waals surface area contributed by atoms with Gasteiger partial charge in [0.2, 0.25) is 0 Å². The Morgan fingerprint density at radius 3 is 2.00 bits per heavy atom. The van der Waals surface area contributed by atoms with Crippen molar-refractivity contribution in [2.45, 2.75) is 0 Å². The second-order valence-electron chi connectivity index (χ2n) is 9.87. The zero-order valence-corrected chi connectivity index (χ0v) is 20.6. The largest absolute Gasteiger partial charge is 0.456 e. The van der Waals surface area contributed by atoms with E-state index in [4.69, 9.17) is 4.42 Å². The first kappa shape index (κ1) is 21.0. The molecule has 2 aromatic heterocycles. The third-order valence-electron chi connectivity index (χ3n) is 7.61. The first-order valence-electron chi connectivity index (χ1n) is 12.9. The maximum absolute atomic E-state index is 6.06. The van der Waals surface area contributed by atoms with Crippen molar-refractivity contribution in [2.24, 2.45) is 0 Å². The summed E-state index contributed by atoms with van der Waals surface area (Å²) in [6.45, 7) is 0. The molecule has 1 N–H and O–H groups in total. The van der Waals surface area contributed by atoms with Crippen molar-refractivity contribution in [1.82, 2.24) is 4.98 Å². The predicted molar refractivity (Wildman–Crippen MR) is 159 cm³/mol. The third-order valence-corrected chi connectivity index (χ3v) is 7.61. The van der Waals surface area contributed by atoms with Gasteiger partial charge in [-0.25, -0.2) is 0 Å². The van der Waals surface area contributed by atoms with E-state index in [0.717, 1.165) is 27.5 Å². The van der Waals surface area contributed by atoms with Crippen LogP contribution < -0.4 is 0 Å². The highest BCUT2D eigenvalue weighted by atomic mass is 16.3. The van der Waals surface area contributed by atoms with Crippen molar-refractivity contribution in [1.29, 1.82) is 0 Å². The molecular weight excluding hydrogens is 462 g/mol. The molecule has 0 aliphatic carbocycles. The molecule has 0 bridgehead atoms. The number of H-pyrrole nitrogens is 1. The molecule has 0 saturated carbocycles. The lowest BCUT2D eigenvalue weighted by Crippen LogP contribution is -1.86. The highest BCUT2D eigenvalue weighted by Crippen LogP contribution is 2.39. The van der Waals surface area contributed by atoms with Crippen LogP contribution in [-0.4, -0.2) is 4.98 Å². The minimum Gasteiger partial charge on any atom is -0.456 e. The van der Waals surface area contributed by atoms with E-state index in [1.54, 1.807) is 0 Å². The van der Waals surface area contributed by atoms with Crippen LogP contribution >= 0.6 is 0 Å². The second-order valence-corrected chi connectivity index (χ2v) is 9.87. The maximum atomic E-state index is 6.06. The number of benzene rings is 6. The monoisotopic (exact) mass is 485 g/mol. The number of aromatic amines is 1. The number of hydrogen-bond donors (Lipinski definition) is 1. The average Bonchev–Trinajstić information content (AvgIpc) is 3.55. The molecule has 0 spiro atoms. The van der Waals surface area contributed by atoms with Crippen LogP contribution in [0.15, 0.2) is 138 Å². The number of furan rings is 1. The van der Waals surface area contributed by atoms with Crippen LogP contribution in [0.1, 0.15) is 0 Å². The van der Waals surface area contributed by atoms with Gasteiger partial charge in [-0.2, -0.15) is 0 Å². The lowest BCUT2D eigenvalue weighted by molar-refractivity contribution is 0.669. The molecule has 0 saturated heterocycles. The fraction of sp³-hybridized carbons (Fsp3) is 0. The van der Waals surface area contributed by atoms with Gasteiger partial charge in [0.25, 0.3) is 0 Å². The van der Waals surface area contributed by atoms with Gasteiger partial charge in [0.05, 0.1) is 5.52 Å². The van der Waals surface area contributed by atoms with Crippen LogP contribution in [0.5, 0.6) is 0 Å². The predicted octanol–water partition coefficient (Wildman–Crippen LogP) is 10.2. The number of para-hydroxylation sites is 2. The Hall–Kier alpha value is -5.08. The van der Waals surface area contributed by atoms with E-state index < -0.39 is 0 Å². The van der Waals surface area contributed by atoms with Gasteiger partial charge in [-0.3, -0.25) is 0 Å². The topological polar surface area (TPSA) is 28.9 Å². The molecule has 2 heterocycles. The minimum atomic E-state index is 0.918. The fourth-order valence-corrected chi connectivity index (χ4v) is 5.75. The summed E-state index contributed by atoms with van der Waals surface area (Å²) in [5.41, 5.74) is 11.4. The fourth-order valence-electron chi connectivity index (χ4n) is 5.75. The lowest BCUT2D eigenvalue weighted by atomic mass is 9.93. The third kappa shape index (κ3) is 3.28. The van der Waals surface area contributed by atoms with Crippen molar-refractivity contribution in [3.05, 3.63) is 133 Å². The summed E-state index contributed by atoms with van der Waals surface area (Å²) < 4.78 is 6.06. The van der Waals surface area contributed by atoms with Crippen molar-refractivity contribution >= 4 is 43.7 Å². The average molecular weight is 486 g/mol. The van der Waals surface area contributed by atoms with E-state index in [1.807, 2.05) is 12.1 Å². The van der Waals surface area contributed by atoms with Gasteiger partial charge in [-0.05, 0) is 70.3 Å². The number of rotatable bonds is 3. The number of fused-ring (bicyclic) bond motifs is 6. The Bertz CT molecular complexity index is 2130. The second kappa shape index (κ2) is 8.22. The molecule has 178 valence electrons. The summed E-state index contributed by atoms with van der Waals surface area (Å²) in [4.78, 5) is 3.71. The van der Waals surface area contributed by atoms with Gasteiger partial charge in [0, 0.05) is 32.6 Å². The molecule has 0 radical (unpaired) electrons. The van der Waals surface area contributed by atoms with E-state index in [-0.39, 0.29) is 0 Å². The van der Waals surface area contributed by atoms with Gasteiger partial charge in [-0.1, -0.05) is 91.0 Å². The Labute approximate surface area is 219 Å². The maximum Gasteiger partial charge on any atom is 0.135 e. The molecule has 0 aliphatic rings. The summed E-state index contributed by atoms with van der Waals surface area (Å²) in [7, 11) is 0. The van der Waals surface area contributed by atoms with Crippen LogP contribution in [-0.2, 0) is 0 Å². The van der Waals surface area contributed by atoms with Crippen molar-refractivity contribution in [3.63, 3.8) is 0 Å². The highest BCUT2D eigenvalue weighted by molar-refractivity contribution is 6.13. The first-order valence-corrected chi connectivity index (χ1v) is 12.9. The molecule has 6 aromatic carbocycles. The molecule has 0 amide bonds. The molecule has 0 atom stereocenters. The van der Waals surface area contributed by atoms with Crippen molar-refractivity contribution in [2.75, 3.05) is 0 Å². The quantitative estimate of drug-likeness (QED) is 0.265. The summed E-state index contributed by atoms with van der Waals surface area (Å²) >= 11 is 0. The van der Waals surface area contributed by atoms with E-state index in [9.17, 15) is 0 Å². The zero-order valence-electron chi connectivity index (χ0n) is 20.6. The Balaban J connectivity index is 1.34. The van der Waals surface area contributed by atoms with Gasteiger partial charge in [-0.15, -0.1) is 0 Å². The molecule has 2 heteroatoms. The van der Waals surface area contributed by atoms with E-state index >= 15 is 0 Å². The summed E-state index contributed by atoms with van der Waals surface area (Å²) in [6, 6.07) is 47.4. The molecule has 0 unspecified atom stereocenters. The molecule has 0 fully saturated rings. The summed E-state index contributed by atoms with van der Waals surface area (Å²) in [5, 5.41) is 4.78. The number of nitrogens with one attached hydrogen (secondary N) is 1. The Morgan fingerprint density at radius 2 is 1.08 bits per heavy atom. The van der Waals surface area contributed by atoms with Crippen LogP contribution in [0.3, 0.4) is 0 Å². The number of hydrogen-bond acceptors (Lipinski definition) is 1. The highest BCUT2D eigenvalue weighted by Gasteiger charge is 2.14. The van der Waals surface area contributed by atoms with Crippen LogP contribution in [0, 0.1) is 0 Å². The van der Waals surface area contributed by atoms with Gasteiger partial charge < -0.3 is 9.40 Å². The molecule has 8 aromatic rings. The molecule has 0 aliphatic heterocycles. The van der Waals surface area contributed by atoms with Crippen LogP contribution in [0.4, 0.5) is 0 Å². The Morgan fingerprint density at radius 1 is 0.395 bits per heavy atom. The van der Waals surface area contributed by atoms with Gasteiger partial charge in [0.1, 0.15) is 11.2 Å². The van der Waals surface area contributed by atoms with E-state index in [1.165, 1.54) is 49.7 Å². The normalized spacial score (nSPS) is 11.7. The van der Waals surface area contributed by atoms with Crippen LogP contribution in [0.2, 0.25) is 0 Å². The molecule has 38 heavy (non-hydrogen) atoms. The number of aromatic nitrogens is 1. The first-order chi connectivity index (χ1) is 18.8. The summed E-state index contributed by atoms with van der Waals surface area (Å²) in [6.07, 6.45) is 0. The molecule has 2 nitrogen and oxygen atoms in total. The Kier molecular flexibility index (Phi) is 4.55. The lowest BCUT2D eigenvalue weighted by Gasteiger charge is -2.11. The van der Waals surface area contributed by atoms with E-state index in [2.05, 4.69) is 126 Å². The van der Waals surface area contributed by atoms with E-state index in [0.29, 0.717) is 0 Å². The smallest absolute Gasteiger partial charge is 0.135 e. The van der Waals surface area contributed by atoms with Crippen LogP contribution in [0.25, 0.3) is 77.1 Å². The zero-order chi connectivity index (χ0) is 25.1. The van der Waals surface area contributed by atoms with Crippen molar-refractivity contribution in [3.8, 4) is 33.4 Å². The minimum absolute atomic E-state index is 0.918. The van der Waals surface area contributed by atoms with Gasteiger partial charge >= 0.3 is 0 Å². The summed E-state index contributed by atoms with van der Waals surface area (Å²) in [5.74, 6) is 0. The standard InChI is InChI=1S/C36H23NO/c1-2-9-23(10-3-1)27-21-30(36-32(22-27)28-13-4-6-15-33(28)37-36)26-12-8-11-24(19-26)25-17-18-35-31(20-25)29-14-5-7-16-34(29)38-35/h1-22,37H. The SMILES string of the molecule is c1ccc(-c2cc(-c3cccc(-c4ccc5oc6ccccc6c5c4)c3)c3[nH]c4ccccc4c3c2)cc1. The van der Waals surface area contributed by atoms with Crippen molar-refractivity contribution < 1.29 is 4.42 Å².